The lowest BCUT2D eigenvalue weighted by Gasteiger charge is -2.04. The van der Waals surface area contributed by atoms with E-state index in [-0.39, 0.29) is 6.92 Å². The molecule has 100 valence electrons. The number of para-hydroxylation sites is 1. The highest BCUT2D eigenvalue weighted by atomic mass is 19.4. The van der Waals surface area contributed by atoms with E-state index in [1.165, 1.54) is 5.56 Å². The van der Waals surface area contributed by atoms with Gasteiger partial charge in [0.1, 0.15) is 5.75 Å². The quantitative estimate of drug-likeness (QED) is 0.718. The third kappa shape index (κ3) is 14.8. The molecule has 0 aromatic heterocycles. The molecule has 0 saturated heterocycles. The molecule has 0 spiro atoms. The van der Waals surface area contributed by atoms with E-state index in [2.05, 4.69) is 0 Å². The van der Waals surface area contributed by atoms with Crippen molar-refractivity contribution in [3.63, 3.8) is 0 Å². The summed E-state index contributed by atoms with van der Waals surface area (Å²) in [6, 6.07) is 8.03. The second kappa shape index (κ2) is 10.00. The van der Waals surface area contributed by atoms with Gasteiger partial charge in [0, 0.05) is 6.92 Å². The molecular formula is C13H21F3O. The van der Waals surface area contributed by atoms with E-state index in [0.29, 0.717) is 0 Å². The molecule has 0 aliphatic carbocycles. The largest absolute Gasteiger partial charge is 0.494 e. The van der Waals surface area contributed by atoms with Crippen LogP contribution in [0.2, 0.25) is 0 Å². The summed E-state index contributed by atoms with van der Waals surface area (Å²) in [5, 5.41) is 0. The van der Waals surface area contributed by atoms with E-state index in [9.17, 15) is 13.2 Å². The number of rotatable bonds is 2. The van der Waals surface area contributed by atoms with E-state index in [1.54, 1.807) is 0 Å². The van der Waals surface area contributed by atoms with Crippen LogP contribution in [0.15, 0.2) is 24.3 Å². The Hall–Kier alpha value is -1.19. The van der Waals surface area contributed by atoms with Crippen LogP contribution in [0.4, 0.5) is 13.2 Å². The average Bonchev–Trinajstić information content (AvgIpc) is 2.22. The molecule has 0 radical (unpaired) electrons. The monoisotopic (exact) mass is 250 g/mol. The molecule has 1 aromatic rings. The molecule has 4 heteroatoms. The summed E-state index contributed by atoms with van der Waals surface area (Å²) in [6.07, 6.45) is -4.00. The van der Waals surface area contributed by atoms with Gasteiger partial charge in [-0.15, -0.1) is 0 Å². The van der Waals surface area contributed by atoms with Gasteiger partial charge >= 0.3 is 6.18 Å². The molecule has 0 unspecified atom stereocenters. The Morgan fingerprint density at radius 2 is 1.53 bits per heavy atom. The first-order valence-electron chi connectivity index (χ1n) is 5.59. The maximum Gasteiger partial charge on any atom is 0.386 e. The molecule has 0 aliphatic rings. The summed E-state index contributed by atoms with van der Waals surface area (Å²) in [6.45, 7) is 8.97. The number of benzene rings is 1. The van der Waals surface area contributed by atoms with Gasteiger partial charge in [-0.1, -0.05) is 32.0 Å². The molecule has 0 saturated carbocycles. The van der Waals surface area contributed by atoms with Crippen molar-refractivity contribution >= 4 is 0 Å². The highest BCUT2D eigenvalue weighted by Gasteiger charge is 2.15. The second-order valence-corrected chi connectivity index (χ2v) is 2.98. The first-order valence-corrected chi connectivity index (χ1v) is 5.59. The summed E-state index contributed by atoms with van der Waals surface area (Å²) in [7, 11) is 0. The lowest BCUT2D eigenvalue weighted by atomic mass is 10.2. The third-order valence-corrected chi connectivity index (χ3v) is 1.39. The Morgan fingerprint density at radius 3 is 1.88 bits per heavy atom. The summed E-state index contributed by atoms with van der Waals surface area (Å²) >= 11 is 0. The first-order chi connectivity index (χ1) is 7.84. The fourth-order valence-electron chi connectivity index (χ4n) is 0.874. The molecule has 1 rings (SSSR count). The average molecular weight is 250 g/mol. The third-order valence-electron chi connectivity index (χ3n) is 1.39. The van der Waals surface area contributed by atoms with Crippen molar-refractivity contribution in [3.05, 3.63) is 29.8 Å². The Labute approximate surface area is 102 Å². The molecule has 17 heavy (non-hydrogen) atoms. The second-order valence-electron chi connectivity index (χ2n) is 2.98. The molecule has 1 aromatic carbocycles. The number of hydrogen-bond acceptors (Lipinski definition) is 1. The van der Waals surface area contributed by atoms with Crippen LogP contribution in [0.3, 0.4) is 0 Å². The highest BCUT2D eigenvalue weighted by Crippen LogP contribution is 2.15. The van der Waals surface area contributed by atoms with Crippen molar-refractivity contribution < 1.29 is 17.9 Å². The van der Waals surface area contributed by atoms with Gasteiger partial charge in [0.05, 0.1) is 6.61 Å². The van der Waals surface area contributed by atoms with Crippen molar-refractivity contribution in [2.45, 2.75) is 40.8 Å². The minimum absolute atomic E-state index is 0.188. The van der Waals surface area contributed by atoms with E-state index in [1.807, 2.05) is 52.0 Å². The van der Waals surface area contributed by atoms with Crippen LogP contribution in [0.25, 0.3) is 0 Å². The van der Waals surface area contributed by atoms with Crippen LogP contribution >= 0.6 is 0 Å². The lowest BCUT2D eigenvalue weighted by Crippen LogP contribution is -1.95. The minimum Gasteiger partial charge on any atom is -0.494 e. The SMILES string of the molecule is CC.CC(F)(F)F.CCOc1ccccc1C. The van der Waals surface area contributed by atoms with Crippen LogP contribution < -0.4 is 4.74 Å². The van der Waals surface area contributed by atoms with E-state index >= 15 is 0 Å². The fourth-order valence-corrected chi connectivity index (χ4v) is 0.874. The summed E-state index contributed by atoms with van der Waals surface area (Å²) in [5.41, 5.74) is 1.20. The van der Waals surface area contributed by atoms with Gasteiger partial charge in [0.25, 0.3) is 0 Å². The Morgan fingerprint density at radius 1 is 1.12 bits per heavy atom. The predicted molar refractivity (Wildman–Crippen MR) is 65.4 cm³/mol. The normalized spacial score (nSPS) is 9.41. The van der Waals surface area contributed by atoms with Crippen molar-refractivity contribution in [2.75, 3.05) is 6.61 Å². The standard InChI is InChI=1S/C9H12O.C2H3F3.C2H6/c1-3-10-9-7-5-4-6-8(9)2;1-2(3,4)5;1-2/h4-7H,3H2,1-2H3;1H3;1-2H3. The minimum atomic E-state index is -4.00. The van der Waals surface area contributed by atoms with E-state index in [4.69, 9.17) is 4.74 Å². The molecule has 0 amide bonds. The molecule has 0 bridgehead atoms. The van der Waals surface area contributed by atoms with Crippen LogP contribution in [0, 0.1) is 6.92 Å². The Balaban J connectivity index is 0. The zero-order valence-electron chi connectivity index (χ0n) is 11.1. The van der Waals surface area contributed by atoms with Gasteiger partial charge in [0.2, 0.25) is 0 Å². The highest BCUT2D eigenvalue weighted by molar-refractivity contribution is 5.31. The Bertz CT molecular complexity index is 276. The van der Waals surface area contributed by atoms with Gasteiger partial charge in [-0.3, -0.25) is 0 Å². The molecule has 0 aliphatic heterocycles. The van der Waals surface area contributed by atoms with Gasteiger partial charge in [-0.2, -0.15) is 13.2 Å². The zero-order valence-corrected chi connectivity index (χ0v) is 11.1. The maximum atomic E-state index is 10.4. The molecule has 1 nitrogen and oxygen atoms in total. The molecule has 0 N–H and O–H groups in total. The summed E-state index contributed by atoms with van der Waals surface area (Å²) in [4.78, 5) is 0. The van der Waals surface area contributed by atoms with Gasteiger partial charge < -0.3 is 4.74 Å². The molecule has 0 heterocycles. The number of hydrogen-bond donors (Lipinski definition) is 0. The maximum absolute atomic E-state index is 10.4. The van der Waals surface area contributed by atoms with Crippen molar-refractivity contribution in [1.82, 2.24) is 0 Å². The topological polar surface area (TPSA) is 9.23 Å². The predicted octanol–water partition coefficient (Wildman–Crippen LogP) is 4.99. The summed E-state index contributed by atoms with van der Waals surface area (Å²) < 4.78 is 36.4. The van der Waals surface area contributed by atoms with Crippen LogP contribution in [-0.2, 0) is 0 Å². The zero-order chi connectivity index (χ0) is 13.9. The Kier molecular flexibility index (Phi) is 10.7. The molecule has 0 fully saturated rings. The molecular weight excluding hydrogens is 229 g/mol. The van der Waals surface area contributed by atoms with Crippen molar-refractivity contribution in [2.24, 2.45) is 0 Å². The lowest BCUT2D eigenvalue weighted by molar-refractivity contribution is -0.110. The van der Waals surface area contributed by atoms with Gasteiger partial charge in [-0.05, 0) is 25.5 Å². The molecule has 0 atom stereocenters. The van der Waals surface area contributed by atoms with Crippen LogP contribution in [0.1, 0.15) is 33.3 Å². The number of alkyl halides is 3. The first kappa shape index (κ1) is 18.2. The number of aryl methyl sites for hydroxylation is 1. The smallest absolute Gasteiger partial charge is 0.386 e. The fraction of sp³-hybridized carbons (Fsp3) is 0.538. The number of ether oxygens (including phenoxy) is 1. The van der Waals surface area contributed by atoms with Gasteiger partial charge in [-0.25, -0.2) is 0 Å². The van der Waals surface area contributed by atoms with Gasteiger partial charge in [0.15, 0.2) is 0 Å². The van der Waals surface area contributed by atoms with Crippen molar-refractivity contribution in [3.8, 4) is 5.75 Å². The van der Waals surface area contributed by atoms with Crippen molar-refractivity contribution in [1.29, 1.82) is 0 Å². The van der Waals surface area contributed by atoms with E-state index < -0.39 is 6.18 Å². The van der Waals surface area contributed by atoms with Crippen LogP contribution in [0.5, 0.6) is 5.75 Å². The van der Waals surface area contributed by atoms with Crippen LogP contribution in [-0.4, -0.2) is 12.8 Å². The van der Waals surface area contributed by atoms with E-state index in [0.717, 1.165) is 12.4 Å². The summed E-state index contributed by atoms with van der Waals surface area (Å²) in [5.74, 6) is 0.991. The number of halogens is 3.